The number of hydrogen-bond donors (Lipinski definition) is 2. The van der Waals surface area contributed by atoms with Crippen molar-refractivity contribution in [2.24, 2.45) is 0 Å². The van der Waals surface area contributed by atoms with Crippen molar-refractivity contribution in [3.05, 3.63) is 48.3 Å². The van der Waals surface area contributed by atoms with E-state index in [2.05, 4.69) is 20.5 Å². The number of benzene rings is 1. The maximum Gasteiger partial charge on any atom is 0.274 e. The molecule has 23 heavy (non-hydrogen) atoms. The summed E-state index contributed by atoms with van der Waals surface area (Å²) in [6, 6.07) is 10.8. The zero-order chi connectivity index (χ0) is 16.7. The number of nitrogens with zero attached hydrogens (tertiary/aromatic N) is 2. The first-order chi connectivity index (χ1) is 11.1. The van der Waals surface area contributed by atoms with Gasteiger partial charge in [0, 0.05) is 25.0 Å². The molecule has 0 spiro atoms. The largest absolute Gasteiger partial charge is 0.495 e. The van der Waals surface area contributed by atoms with Crippen LogP contribution < -0.4 is 15.4 Å². The van der Waals surface area contributed by atoms with Crippen LogP contribution in [0, 0.1) is 0 Å². The minimum atomic E-state index is -0.272. The normalized spacial score (nSPS) is 10.4. The molecule has 1 amide bonds. The molecule has 0 atom stereocenters. The van der Waals surface area contributed by atoms with Crippen molar-refractivity contribution in [3.63, 3.8) is 0 Å². The summed E-state index contributed by atoms with van der Waals surface area (Å²) in [6.45, 7) is 1.70. The smallest absolute Gasteiger partial charge is 0.274 e. The number of methoxy groups -OCH3 is 1. The topological polar surface area (TPSA) is 66.5 Å². The molecule has 0 aliphatic carbocycles. The van der Waals surface area contributed by atoms with E-state index < -0.39 is 0 Å². The number of amides is 1. The maximum absolute atomic E-state index is 12.4. The number of likely N-dealkylation sites (N-methyl/N-ethyl adjacent to an activating group) is 1. The van der Waals surface area contributed by atoms with Crippen LogP contribution in [-0.2, 0) is 0 Å². The molecular formula is C17H22N4O2. The predicted molar refractivity (Wildman–Crippen MR) is 92.2 cm³/mol. The van der Waals surface area contributed by atoms with Crippen molar-refractivity contribution in [1.82, 2.24) is 9.88 Å². The number of nitrogens with one attached hydrogen (secondary N) is 2. The third-order valence-electron chi connectivity index (χ3n) is 3.24. The third-order valence-corrected chi connectivity index (χ3v) is 3.24. The summed E-state index contributed by atoms with van der Waals surface area (Å²) in [5.41, 5.74) is 1.84. The van der Waals surface area contributed by atoms with Gasteiger partial charge in [-0.05, 0) is 38.4 Å². The van der Waals surface area contributed by atoms with Gasteiger partial charge >= 0.3 is 0 Å². The first kappa shape index (κ1) is 16.8. The van der Waals surface area contributed by atoms with E-state index in [4.69, 9.17) is 4.74 Å². The molecule has 1 aromatic carbocycles. The molecule has 6 heteroatoms. The van der Waals surface area contributed by atoms with Crippen LogP contribution in [0.4, 0.5) is 11.4 Å². The Morgan fingerprint density at radius 2 is 2.04 bits per heavy atom. The van der Waals surface area contributed by atoms with E-state index in [-0.39, 0.29) is 5.91 Å². The number of carbonyl (C=O) groups excluding carboxylic acids is 1. The molecule has 0 fully saturated rings. The maximum atomic E-state index is 12.4. The highest BCUT2D eigenvalue weighted by Crippen LogP contribution is 2.23. The monoisotopic (exact) mass is 314 g/mol. The molecule has 0 saturated heterocycles. The highest BCUT2D eigenvalue weighted by Gasteiger charge is 2.11. The van der Waals surface area contributed by atoms with Crippen molar-refractivity contribution in [2.45, 2.75) is 0 Å². The lowest BCUT2D eigenvalue weighted by atomic mass is 10.2. The van der Waals surface area contributed by atoms with Crippen LogP contribution in [0.2, 0.25) is 0 Å². The fourth-order valence-corrected chi connectivity index (χ4v) is 2.02. The van der Waals surface area contributed by atoms with Gasteiger partial charge in [-0.15, -0.1) is 0 Å². The molecule has 0 aliphatic rings. The van der Waals surface area contributed by atoms with Crippen molar-refractivity contribution < 1.29 is 9.53 Å². The second kappa shape index (κ2) is 8.14. The molecule has 6 nitrogen and oxygen atoms in total. The van der Waals surface area contributed by atoms with Gasteiger partial charge in [-0.2, -0.15) is 0 Å². The molecule has 1 aromatic heterocycles. The Morgan fingerprint density at radius 1 is 1.26 bits per heavy atom. The minimum absolute atomic E-state index is 0.272. The van der Waals surface area contributed by atoms with Gasteiger partial charge in [0.15, 0.2) is 0 Å². The summed E-state index contributed by atoms with van der Waals surface area (Å²) in [6.07, 6.45) is 1.62. The van der Waals surface area contributed by atoms with Gasteiger partial charge in [0.25, 0.3) is 5.91 Å². The van der Waals surface area contributed by atoms with Gasteiger partial charge in [0.05, 0.1) is 12.8 Å². The number of aromatic nitrogens is 1. The third kappa shape index (κ3) is 4.96. The fourth-order valence-electron chi connectivity index (χ4n) is 2.02. The summed E-state index contributed by atoms with van der Waals surface area (Å²) < 4.78 is 5.23. The van der Waals surface area contributed by atoms with Gasteiger partial charge < -0.3 is 20.3 Å². The number of anilines is 2. The Kier molecular flexibility index (Phi) is 5.94. The lowest BCUT2D eigenvalue weighted by Crippen LogP contribution is -2.21. The first-order valence-corrected chi connectivity index (χ1v) is 7.39. The van der Waals surface area contributed by atoms with Gasteiger partial charge in [-0.3, -0.25) is 9.78 Å². The number of pyridine rings is 1. The summed E-state index contributed by atoms with van der Waals surface area (Å²) >= 11 is 0. The van der Waals surface area contributed by atoms with E-state index >= 15 is 0 Å². The molecule has 1 heterocycles. The minimum Gasteiger partial charge on any atom is -0.495 e. The molecule has 2 aromatic rings. The zero-order valence-electron chi connectivity index (χ0n) is 13.7. The molecule has 0 radical (unpaired) electrons. The van der Waals surface area contributed by atoms with Crippen molar-refractivity contribution >= 4 is 17.3 Å². The highest BCUT2D eigenvalue weighted by molar-refractivity contribution is 6.04. The zero-order valence-corrected chi connectivity index (χ0v) is 13.7. The van der Waals surface area contributed by atoms with Crippen LogP contribution in [-0.4, -0.2) is 50.1 Å². The van der Waals surface area contributed by atoms with Gasteiger partial charge in [-0.25, -0.2) is 0 Å². The Balaban J connectivity index is 2.04. The average Bonchev–Trinajstić information content (AvgIpc) is 2.55. The quantitative estimate of drug-likeness (QED) is 0.821. The van der Waals surface area contributed by atoms with Gasteiger partial charge in [-0.1, -0.05) is 12.1 Å². The van der Waals surface area contributed by atoms with E-state index in [9.17, 15) is 4.79 Å². The Labute approximate surface area is 136 Å². The standard InChI is InChI=1S/C17H22N4O2/c1-21(2)11-10-18-13-8-9-19-15(12-13)17(22)20-14-6-4-5-7-16(14)23-3/h4-9,12H,10-11H2,1-3H3,(H,18,19)(H,20,22). The van der Waals surface area contributed by atoms with E-state index in [1.54, 1.807) is 31.5 Å². The van der Waals surface area contributed by atoms with Gasteiger partial charge in [0.2, 0.25) is 0 Å². The van der Waals surface area contributed by atoms with E-state index in [1.807, 2.05) is 32.3 Å². The van der Waals surface area contributed by atoms with Gasteiger partial charge in [0.1, 0.15) is 11.4 Å². The van der Waals surface area contributed by atoms with Crippen molar-refractivity contribution in [1.29, 1.82) is 0 Å². The molecule has 0 saturated carbocycles. The van der Waals surface area contributed by atoms with Crippen LogP contribution in [0.15, 0.2) is 42.6 Å². The molecule has 0 bridgehead atoms. The number of carbonyl (C=O) groups is 1. The van der Waals surface area contributed by atoms with Crippen LogP contribution in [0.1, 0.15) is 10.5 Å². The molecule has 2 rings (SSSR count). The number of ether oxygens (including phenoxy) is 1. The molecule has 122 valence electrons. The van der Waals surface area contributed by atoms with Crippen LogP contribution in [0.5, 0.6) is 5.75 Å². The Morgan fingerprint density at radius 3 is 2.78 bits per heavy atom. The lowest BCUT2D eigenvalue weighted by molar-refractivity contribution is 0.102. The predicted octanol–water partition coefficient (Wildman–Crippen LogP) is 2.32. The molecule has 0 aliphatic heterocycles. The highest BCUT2D eigenvalue weighted by atomic mass is 16.5. The van der Waals surface area contributed by atoms with Crippen molar-refractivity contribution in [2.75, 3.05) is 44.9 Å². The SMILES string of the molecule is COc1ccccc1NC(=O)c1cc(NCCN(C)C)ccn1. The van der Waals surface area contributed by atoms with E-state index in [0.29, 0.717) is 17.1 Å². The van der Waals surface area contributed by atoms with Crippen molar-refractivity contribution in [3.8, 4) is 5.75 Å². The molecule has 2 N–H and O–H groups in total. The molecular weight excluding hydrogens is 292 g/mol. The summed E-state index contributed by atoms with van der Waals surface area (Å²) in [5.74, 6) is 0.340. The Hall–Kier alpha value is -2.60. The fraction of sp³-hybridized carbons (Fsp3) is 0.294. The number of rotatable bonds is 7. The second-order valence-corrected chi connectivity index (χ2v) is 5.31. The van der Waals surface area contributed by atoms with E-state index in [1.165, 1.54) is 0 Å². The number of para-hydroxylation sites is 2. The van der Waals surface area contributed by atoms with Crippen LogP contribution >= 0.6 is 0 Å². The second-order valence-electron chi connectivity index (χ2n) is 5.31. The summed E-state index contributed by atoms with van der Waals surface area (Å²) in [4.78, 5) is 18.6. The van der Waals surface area contributed by atoms with Crippen LogP contribution in [0.25, 0.3) is 0 Å². The van der Waals surface area contributed by atoms with E-state index in [0.717, 1.165) is 18.8 Å². The summed E-state index contributed by atoms with van der Waals surface area (Å²) in [5, 5.41) is 6.09. The van der Waals surface area contributed by atoms with Crippen LogP contribution in [0.3, 0.4) is 0 Å². The number of hydrogen-bond acceptors (Lipinski definition) is 5. The lowest BCUT2D eigenvalue weighted by Gasteiger charge is -2.12. The average molecular weight is 314 g/mol. The Bertz CT molecular complexity index is 659. The first-order valence-electron chi connectivity index (χ1n) is 7.39. The molecule has 0 unspecified atom stereocenters. The summed E-state index contributed by atoms with van der Waals surface area (Å²) in [7, 11) is 5.60.